The van der Waals surface area contributed by atoms with Gasteiger partial charge in [0, 0.05) is 17.1 Å². The van der Waals surface area contributed by atoms with Crippen molar-refractivity contribution in [1.29, 1.82) is 0 Å². The molecule has 5 nitrogen and oxygen atoms in total. The van der Waals surface area contributed by atoms with E-state index < -0.39 is 0 Å². The first-order valence-corrected chi connectivity index (χ1v) is 10.3. The molecule has 1 amide bonds. The second-order valence-corrected chi connectivity index (χ2v) is 8.76. The zero-order valence-electron chi connectivity index (χ0n) is 16.0. The highest BCUT2D eigenvalue weighted by atomic mass is 35.5. The van der Waals surface area contributed by atoms with Crippen molar-refractivity contribution in [2.75, 3.05) is 5.75 Å². The fourth-order valence-corrected chi connectivity index (χ4v) is 3.20. The minimum atomic E-state index is -0.103. The van der Waals surface area contributed by atoms with Gasteiger partial charge in [0.2, 0.25) is 11.8 Å². The highest BCUT2D eigenvalue weighted by molar-refractivity contribution is 7.99. The predicted octanol–water partition coefficient (Wildman–Crippen LogP) is 5.10. The number of hydrogen-bond acceptors (Lipinski definition) is 5. The number of aromatic nitrogens is 2. The molecule has 0 saturated heterocycles. The van der Waals surface area contributed by atoms with E-state index in [0.717, 1.165) is 11.1 Å². The van der Waals surface area contributed by atoms with Gasteiger partial charge < -0.3 is 9.73 Å². The lowest BCUT2D eigenvalue weighted by Gasteiger charge is -2.18. The van der Waals surface area contributed by atoms with E-state index in [0.29, 0.717) is 22.7 Å². The number of rotatable bonds is 6. The largest absolute Gasteiger partial charge is 0.411 e. The smallest absolute Gasteiger partial charge is 0.277 e. The Morgan fingerprint density at radius 3 is 2.39 bits per heavy atom. The van der Waals surface area contributed by atoms with Crippen LogP contribution in [0.15, 0.2) is 58.2 Å². The maximum atomic E-state index is 12.0. The minimum Gasteiger partial charge on any atom is -0.411 e. The number of amides is 1. The lowest BCUT2D eigenvalue weighted by atomic mass is 9.87. The van der Waals surface area contributed by atoms with E-state index in [1.807, 2.05) is 24.3 Å². The second-order valence-electron chi connectivity index (χ2n) is 7.39. The van der Waals surface area contributed by atoms with E-state index in [-0.39, 0.29) is 17.1 Å². The number of halogens is 1. The molecule has 0 bridgehead atoms. The number of hydrogen-bond donors (Lipinski definition) is 1. The van der Waals surface area contributed by atoms with Crippen molar-refractivity contribution in [2.24, 2.45) is 0 Å². The first kappa shape index (κ1) is 20.4. The van der Waals surface area contributed by atoms with Crippen LogP contribution in [0.1, 0.15) is 31.9 Å². The van der Waals surface area contributed by atoms with Crippen LogP contribution in [0, 0.1) is 0 Å². The molecule has 0 unspecified atom stereocenters. The van der Waals surface area contributed by atoms with Crippen LogP contribution < -0.4 is 5.32 Å². The monoisotopic (exact) mass is 415 g/mol. The lowest BCUT2D eigenvalue weighted by Crippen LogP contribution is -2.24. The Labute approximate surface area is 173 Å². The van der Waals surface area contributed by atoms with Gasteiger partial charge in [0.25, 0.3) is 5.22 Å². The fourth-order valence-electron chi connectivity index (χ4n) is 2.48. The summed E-state index contributed by atoms with van der Waals surface area (Å²) in [4.78, 5) is 12.0. The van der Waals surface area contributed by atoms with Gasteiger partial charge in [-0.15, -0.1) is 10.2 Å². The molecule has 0 radical (unpaired) electrons. The number of carbonyl (C=O) groups is 1. The summed E-state index contributed by atoms with van der Waals surface area (Å²) in [5, 5.41) is 12.0. The molecule has 1 aromatic heterocycles. The topological polar surface area (TPSA) is 68.0 Å². The Bertz CT molecular complexity index is 932. The Morgan fingerprint density at radius 2 is 1.75 bits per heavy atom. The Morgan fingerprint density at radius 1 is 1.07 bits per heavy atom. The van der Waals surface area contributed by atoms with Gasteiger partial charge in [0.05, 0.1) is 5.75 Å². The normalized spacial score (nSPS) is 11.4. The van der Waals surface area contributed by atoms with Gasteiger partial charge in [-0.25, -0.2) is 0 Å². The van der Waals surface area contributed by atoms with Crippen LogP contribution in [-0.2, 0) is 16.8 Å². The molecule has 7 heteroatoms. The summed E-state index contributed by atoms with van der Waals surface area (Å²) in [6, 6.07) is 15.4. The molecule has 1 heterocycles. The van der Waals surface area contributed by atoms with E-state index >= 15 is 0 Å². The summed E-state index contributed by atoms with van der Waals surface area (Å²) in [5.41, 5.74) is 3.18. The van der Waals surface area contributed by atoms with Crippen molar-refractivity contribution in [3.63, 3.8) is 0 Å². The van der Waals surface area contributed by atoms with Crippen molar-refractivity contribution in [1.82, 2.24) is 15.5 Å². The van der Waals surface area contributed by atoms with Crippen LogP contribution in [0.3, 0.4) is 0 Å². The Kier molecular flexibility index (Phi) is 6.42. The quantitative estimate of drug-likeness (QED) is 0.567. The molecular weight excluding hydrogens is 394 g/mol. The molecule has 0 aliphatic rings. The molecule has 0 aliphatic heterocycles. The number of carbonyl (C=O) groups excluding carboxylic acids is 1. The fraction of sp³-hybridized carbons (Fsp3) is 0.286. The molecule has 0 atom stereocenters. The summed E-state index contributed by atoms with van der Waals surface area (Å²) in [5.74, 6) is 0.553. The van der Waals surface area contributed by atoms with Crippen LogP contribution >= 0.6 is 23.4 Å². The van der Waals surface area contributed by atoms with Gasteiger partial charge in [-0.1, -0.05) is 68.4 Å². The molecule has 0 spiro atoms. The van der Waals surface area contributed by atoms with Gasteiger partial charge in [-0.2, -0.15) is 0 Å². The third-order valence-electron chi connectivity index (χ3n) is 4.13. The number of thioether (sulfide) groups is 1. The molecule has 0 fully saturated rings. The molecule has 3 rings (SSSR count). The zero-order chi connectivity index (χ0) is 20.1. The van der Waals surface area contributed by atoms with Gasteiger partial charge in [-0.3, -0.25) is 4.79 Å². The second kappa shape index (κ2) is 8.80. The molecule has 28 heavy (non-hydrogen) atoms. The number of nitrogens with one attached hydrogen (secondary N) is 1. The Hall–Kier alpha value is -2.31. The molecule has 146 valence electrons. The predicted molar refractivity (Wildman–Crippen MR) is 112 cm³/mol. The molecular formula is C21H22ClN3O2S. The van der Waals surface area contributed by atoms with Crippen molar-refractivity contribution in [3.8, 4) is 11.5 Å². The molecule has 0 saturated carbocycles. The van der Waals surface area contributed by atoms with Crippen molar-refractivity contribution in [3.05, 3.63) is 64.7 Å². The van der Waals surface area contributed by atoms with E-state index in [4.69, 9.17) is 16.0 Å². The van der Waals surface area contributed by atoms with Gasteiger partial charge in [0.1, 0.15) is 0 Å². The molecule has 0 aliphatic carbocycles. The SMILES string of the molecule is CC(C)(C)c1ccc(-c2nnc(SCC(=O)NCc3ccc(Cl)cc3)o2)cc1. The van der Waals surface area contributed by atoms with Crippen LogP contribution in [0.4, 0.5) is 0 Å². The maximum absolute atomic E-state index is 12.0. The van der Waals surface area contributed by atoms with Crippen molar-refractivity contribution in [2.45, 2.75) is 38.0 Å². The van der Waals surface area contributed by atoms with E-state index in [1.54, 1.807) is 12.1 Å². The molecule has 1 N–H and O–H groups in total. The van der Waals surface area contributed by atoms with E-state index in [2.05, 4.69) is 48.4 Å². The van der Waals surface area contributed by atoms with Gasteiger partial charge >= 0.3 is 0 Å². The third-order valence-corrected chi connectivity index (χ3v) is 5.20. The van der Waals surface area contributed by atoms with Gasteiger partial charge in [0.15, 0.2) is 0 Å². The third kappa shape index (κ3) is 5.59. The van der Waals surface area contributed by atoms with Crippen molar-refractivity contribution >= 4 is 29.3 Å². The number of benzene rings is 2. The first-order valence-electron chi connectivity index (χ1n) is 8.89. The Balaban J connectivity index is 1.51. The maximum Gasteiger partial charge on any atom is 0.277 e. The zero-order valence-corrected chi connectivity index (χ0v) is 17.6. The average Bonchev–Trinajstić information content (AvgIpc) is 3.14. The van der Waals surface area contributed by atoms with Crippen LogP contribution in [0.25, 0.3) is 11.5 Å². The number of nitrogens with zero attached hydrogens (tertiary/aromatic N) is 2. The van der Waals surface area contributed by atoms with Crippen molar-refractivity contribution < 1.29 is 9.21 Å². The first-order chi connectivity index (χ1) is 13.3. The van der Waals surface area contributed by atoms with Crippen LogP contribution in [-0.4, -0.2) is 21.9 Å². The highest BCUT2D eigenvalue weighted by Crippen LogP contribution is 2.27. The lowest BCUT2D eigenvalue weighted by molar-refractivity contribution is -0.118. The summed E-state index contributed by atoms with van der Waals surface area (Å²) in [6.45, 7) is 6.95. The average molecular weight is 416 g/mol. The molecule has 2 aromatic carbocycles. The summed E-state index contributed by atoms with van der Waals surface area (Å²) in [7, 11) is 0. The highest BCUT2D eigenvalue weighted by Gasteiger charge is 2.15. The van der Waals surface area contributed by atoms with Crippen LogP contribution in [0.5, 0.6) is 0 Å². The minimum absolute atomic E-state index is 0.0910. The summed E-state index contributed by atoms with van der Waals surface area (Å²) >= 11 is 7.07. The standard InChI is InChI=1S/C21H22ClN3O2S/c1-21(2,3)16-8-6-15(7-9-16)19-24-25-20(27-19)28-13-18(26)23-12-14-4-10-17(22)11-5-14/h4-11H,12-13H2,1-3H3,(H,23,26). The molecule has 3 aromatic rings. The summed E-state index contributed by atoms with van der Waals surface area (Å²) < 4.78 is 5.67. The van der Waals surface area contributed by atoms with E-state index in [9.17, 15) is 4.79 Å². The van der Waals surface area contributed by atoms with E-state index in [1.165, 1.54) is 17.3 Å². The van der Waals surface area contributed by atoms with Gasteiger partial charge in [-0.05, 0) is 40.8 Å². The van der Waals surface area contributed by atoms with Crippen LogP contribution in [0.2, 0.25) is 5.02 Å². The summed E-state index contributed by atoms with van der Waals surface area (Å²) in [6.07, 6.45) is 0.